The SMILES string of the molecule is N#C/C(=C/Nc1ncn[nH]1)C(=O)N1CCC(Cc2ccccc2)CC1. The minimum Gasteiger partial charge on any atom is -0.338 e. The maximum Gasteiger partial charge on any atom is 0.266 e. The van der Waals surface area contributed by atoms with E-state index < -0.39 is 0 Å². The van der Waals surface area contributed by atoms with Gasteiger partial charge >= 0.3 is 0 Å². The maximum absolute atomic E-state index is 12.5. The van der Waals surface area contributed by atoms with Gasteiger partial charge in [-0.1, -0.05) is 30.3 Å². The van der Waals surface area contributed by atoms with Crippen molar-refractivity contribution >= 4 is 11.9 Å². The molecule has 0 aliphatic carbocycles. The van der Waals surface area contributed by atoms with Gasteiger partial charge in [-0.15, -0.1) is 0 Å². The Kier molecular flexibility index (Phi) is 5.42. The molecule has 0 saturated carbocycles. The molecule has 2 heterocycles. The van der Waals surface area contributed by atoms with Gasteiger partial charge in [0.1, 0.15) is 18.0 Å². The molecule has 0 atom stereocenters. The van der Waals surface area contributed by atoms with Crippen LogP contribution in [0, 0.1) is 17.2 Å². The van der Waals surface area contributed by atoms with Crippen LogP contribution < -0.4 is 5.32 Å². The number of benzene rings is 1. The second kappa shape index (κ2) is 8.11. The summed E-state index contributed by atoms with van der Waals surface area (Å²) in [7, 11) is 0. The molecule has 128 valence electrons. The summed E-state index contributed by atoms with van der Waals surface area (Å²) in [5.74, 6) is 0.725. The zero-order valence-electron chi connectivity index (χ0n) is 13.9. The highest BCUT2D eigenvalue weighted by atomic mass is 16.2. The number of hydrogen-bond donors (Lipinski definition) is 2. The standard InChI is InChI=1S/C18H20N6O/c19-11-16(12-20-18-21-13-22-23-18)17(25)24-8-6-15(7-9-24)10-14-4-2-1-3-5-14/h1-5,12-13,15H,6-10H2,(H2,20,21,22,23)/b16-12-. The maximum atomic E-state index is 12.5. The Morgan fingerprint density at radius 2 is 2.12 bits per heavy atom. The Balaban J connectivity index is 1.53. The lowest BCUT2D eigenvalue weighted by Crippen LogP contribution is -2.39. The van der Waals surface area contributed by atoms with E-state index in [1.807, 2.05) is 12.1 Å². The number of anilines is 1. The molecule has 1 aromatic carbocycles. The van der Waals surface area contributed by atoms with Gasteiger partial charge in [-0.3, -0.25) is 4.79 Å². The average Bonchev–Trinajstić information content (AvgIpc) is 3.17. The molecule has 0 unspecified atom stereocenters. The van der Waals surface area contributed by atoms with E-state index in [0.29, 0.717) is 25.0 Å². The number of nitrogens with one attached hydrogen (secondary N) is 2. The molecule has 7 nitrogen and oxygen atoms in total. The molecule has 7 heteroatoms. The fourth-order valence-corrected chi connectivity index (χ4v) is 3.02. The summed E-state index contributed by atoms with van der Waals surface area (Å²) in [5, 5.41) is 18.3. The van der Waals surface area contributed by atoms with Gasteiger partial charge in [0, 0.05) is 19.3 Å². The first-order valence-electron chi connectivity index (χ1n) is 8.31. The number of piperidine rings is 1. The zero-order chi connectivity index (χ0) is 17.5. The molecule has 0 spiro atoms. The number of aromatic nitrogens is 3. The Hall–Kier alpha value is -3.14. The molecule has 2 aromatic rings. The van der Waals surface area contributed by atoms with Gasteiger partial charge in [-0.25, -0.2) is 5.10 Å². The Morgan fingerprint density at radius 1 is 1.36 bits per heavy atom. The second-order valence-electron chi connectivity index (χ2n) is 6.07. The molecule has 1 amide bonds. The van der Waals surface area contributed by atoms with Gasteiger partial charge in [-0.05, 0) is 30.7 Å². The van der Waals surface area contributed by atoms with E-state index in [-0.39, 0.29) is 11.5 Å². The number of hydrogen-bond acceptors (Lipinski definition) is 5. The van der Waals surface area contributed by atoms with Crippen LogP contribution in [0.1, 0.15) is 18.4 Å². The summed E-state index contributed by atoms with van der Waals surface area (Å²) in [4.78, 5) is 18.1. The van der Waals surface area contributed by atoms with Crippen molar-refractivity contribution in [3.63, 3.8) is 0 Å². The van der Waals surface area contributed by atoms with Crippen LogP contribution in [0.3, 0.4) is 0 Å². The van der Waals surface area contributed by atoms with E-state index in [2.05, 4.69) is 44.8 Å². The zero-order valence-corrected chi connectivity index (χ0v) is 13.9. The van der Waals surface area contributed by atoms with Crippen molar-refractivity contribution < 1.29 is 4.79 Å². The van der Waals surface area contributed by atoms with E-state index >= 15 is 0 Å². The lowest BCUT2D eigenvalue weighted by Gasteiger charge is -2.32. The van der Waals surface area contributed by atoms with E-state index in [1.54, 1.807) is 4.90 Å². The smallest absolute Gasteiger partial charge is 0.266 e. The third-order valence-corrected chi connectivity index (χ3v) is 4.39. The largest absolute Gasteiger partial charge is 0.338 e. The predicted octanol–water partition coefficient (Wildman–Crippen LogP) is 2.11. The Labute approximate surface area is 146 Å². The van der Waals surface area contributed by atoms with Crippen molar-refractivity contribution in [2.24, 2.45) is 5.92 Å². The van der Waals surface area contributed by atoms with E-state index in [4.69, 9.17) is 0 Å². The molecule has 0 radical (unpaired) electrons. The molecule has 1 aliphatic rings. The van der Waals surface area contributed by atoms with Crippen LogP contribution in [-0.4, -0.2) is 39.1 Å². The second-order valence-corrected chi connectivity index (χ2v) is 6.07. The molecule has 1 saturated heterocycles. The fraction of sp³-hybridized carbons (Fsp3) is 0.333. The van der Waals surface area contributed by atoms with E-state index in [1.165, 1.54) is 18.1 Å². The molecule has 1 aliphatic heterocycles. The molecule has 3 rings (SSSR count). The van der Waals surface area contributed by atoms with Crippen molar-refractivity contribution in [1.82, 2.24) is 20.1 Å². The summed E-state index contributed by atoms with van der Waals surface area (Å²) in [6.45, 7) is 1.36. The summed E-state index contributed by atoms with van der Waals surface area (Å²) >= 11 is 0. The van der Waals surface area contributed by atoms with Gasteiger partial charge in [0.25, 0.3) is 5.91 Å². The number of H-pyrrole nitrogens is 1. The van der Waals surface area contributed by atoms with Crippen LogP contribution in [0.5, 0.6) is 0 Å². The molecule has 0 bridgehead atoms. The number of rotatable bonds is 5. The first kappa shape index (κ1) is 16.7. The van der Waals surface area contributed by atoms with Gasteiger partial charge in [0.05, 0.1) is 0 Å². The van der Waals surface area contributed by atoms with Crippen molar-refractivity contribution in [3.05, 3.63) is 54.0 Å². The van der Waals surface area contributed by atoms with Crippen LogP contribution in [-0.2, 0) is 11.2 Å². The number of carbonyl (C=O) groups excluding carboxylic acids is 1. The first-order valence-corrected chi connectivity index (χ1v) is 8.31. The molecule has 25 heavy (non-hydrogen) atoms. The Morgan fingerprint density at radius 3 is 2.76 bits per heavy atom. The highest BCUT2D eigenvalue weighted by molar-refractivity contribution is 5.97. The van der Waals surface area contributed by atoms with Gasteiger partial charge in [0.15, 0.2) is 0 Å². The normalized spacial score (nSPS) is 15.6. The van der Waals surface area contributed by atoms with Crippen molar-refractivity contribution in [2.75, 3.05) is 18.4 Å². The van der Waals surface area contributed by atoms with Crippen LogP contribution in [0.15, 0.2) is 48.4 Å². The van der Waals surface area contributed by atoms with E-state index in [0.717, 1.165) is 19.3 Å². The van der Waals surface area contributed by atoms with Crippen LogP contribution in [0.4, 0.5) is 5.95 Å². The molecular formula is C18H20N6O. The molecule has 2 N–H and O–H groups in total. The van der Waals surface area contributed by atoms with Crippen molar-refractivity contribution in [1.29, 1.82) is 5.26 Å². The lowest BCUT2D eigenvalue weighted by atomic mass is 9.90. The van der Waals surface area contributed by atoms with Gasteiger partial charge in [0.2, 0.25) is 5.95 Å². The topological polar surface area (TPSA) is 97.7 Å². The number of nitrogens with zero attached hydrogens (tertiary/aromatic N) is 4. The average molecular weight is 336 g/mol. The van der Waals surface area contributed by atoms with Crippen LogP contribution in [0.25, 0.3) is 0 Å². The number of likely N-dealkylation sites (tertiary alicyclic amines) is 1. The van der Waals surface area contributed by atoms with E-state index in [9.17, 15) is 10.1 Å². The summed E-state index contributed by atoms with van der Waals surface area (Å²) in [6, 6.07) is 12.4. The molecule has 1 aromatic heterocycles. The highest BCUT2D eigenvalue weighted by Gasteiger charge is 2.25. The fourth-order valence-electron chi connectivity index (χ4n) is 3.02. The minimum absolute atomic E-state index is 0.0675. The first-order chi connectivity index (χ1) is 12.3. The summed E-state index contributed by atoms with van der Waals surface area (Å²) < 4.78 is 0. The van der Waals surface area contributed by atoms with Crippen LogP contribution >= 0.6 is 0 Å². The van der Waals surface area contributed by atoms with Gasteiger partial charge < -0.3 is 10.2 Å². The number of amides is 1. The number of carbonyl (C=O) groups is 1. The predicted molar refractivity (Wildman–Crippen MR) is 93.2 cm³/mol. The Bertz CT molecular complexity index is 755. The summed E-state index contributed by atoms with van der Waals surface area (Å²) in [5.41, 5.74) is 1.40. The monoisotopic (exact) mass is 336 g/mol. The highest BCUT2D eigenvalue weighted by Crippen LogP contribution is 2.22. The third kappa shape index (κ3) is 4.44. The number of nitriles is 1. The third-order valence-electron chi connectivity index (χ3n) is 4.39. The summed E-state index contributed by atoms with van der Waals surface area (Å²) in [6.07, 6.45) is 5.67. The van der Waals surface area contributed by atoms with Crippen molar-refractivity contribution in [3.8, 4) is 6.07 Å². The molecular weight excluding hydrogens is 316 g/mol. The molecule has 1 fully saturated rings. The lowest BCUT2D eigenvalue weighted by molar-refractivity contribution is -0.128. The van der Waals surface area contributed by atoms with Crippen LogP contribution in [0.2, 0.25) is 0 Å². The quantitative estimate of drug-likeness (QED) is 0.644. The number of aromatic amines is 1. The van der Waals surface area contributed by atoms with Crippen molar-refractivity contribution in [2.45, 2.75) is 19.3 Å². The van der Waals surface area contributed by atoms with Gasteiger partial charge in [-0.2, -0.15) is 15.3 Å². The minimum atomic E-state index is -0.243.